The average Bonchev–Trinajstić information content (AvgIpc) is 3.38. The van der Waals surface area contributed by atoms with Crippen LogP contribution in [-0.4, -0.2) is 20.6 Å². The summed E-state index contributed by atoms with van der Waals surface area (Å²) in [5.41, 5.74) is 5.67. The van der Waals surface area contributed by atoms with Gasteiger partial charge in [-0.15, -0.1) is 0 Å². The molecule has 5 rings (SSSR count). The maximum absolute atomic E-state index is 13.3. The largest absolute Gasteiger partial charge is 0.439 e. The Labute approximate surface area is 193 Å². The maximum Gasteiger partial charge on any atom is 0.439 e. The number of aromatic nitrogens is 3. The number of H-pyrrole nitrogens is 1. The van der Waals surface area contributed by atoms with E-state index < -0.39 is 5.76 Å². The quantitative estimate of drug-likeness (QED) is 0.377. The number of carbonyl (C=O) groups is 1. The van der Waals surface area contributed by atoms with Crippen molar-refractivity contribution in [3.05, 3.63) is 93.6 Å². The standard InChI is InChI=1S/C25H19ClN4O3/c1-14-6-3-4-8-17(14)18-9-5-7-15-12-21(30(2)22(15)18)24(31)27-20-11-10-16(26)13-19(20)23-28-25(32)33-29-23/h3-13H,1-2H3,(H,27,31)(H,28,29,32). The number of hydrogen-bond donors (Lipinski definition) is 2. The van der Waals surface area contributed by atoms with Gasteiger partial charge in [-0.1, -0.05) is 59.2 Å². The molecule has 164 valence electrons. The molecule has 0 spiro atoms. The predicted molar refractivity (Wildman–Crippen MR) is 129 cm³/mol. The summed E-state index contributed by atoms with van der Waals surface area (Å²) < 4.78 is 6.50. The Hall–Kier alpha value is -4.10. The van der Waals surface area contributed by atoms with Gasteiger partial charge >= 0.3 is 5.76 Å². The third kappa shape index (κ3) is 3.72. The Morgan fingerprint density at radius 1 is 1.03 bits per heavy atom. The van der Waals surface area contributed by atoms with Crippen molar-refractivity contribution in [2.75, 3.05) is 5.32 Å². The fourth-order valence-corrected chi connectivity index (χ4v) is 4.25. The zero-order chi connectivity index (χ0) is 23.1. The van der Waals surface area contributed by atoms with Gasteiger partial charge < -0.3 is 9.88 Å². The number of amides is 1. The van der Waals surface area contributed by atoms with Crippen LogP contribution >= 0.6 is 11.6 Å². The summed E-state index contributed by atoms with van der Waals surface area (Å²) in [6.07, 6.45) is 0. The average molecular weight is 459 g/mol. The van der Waals surface area contributed by atoms with E-state index in [2.05, 4.69) is 45.1 Å². The monoisotopic (exact) mass is 458 g/mol. The summed E-state index contributed by atoms with van der Waals surface area (Å²) in [5.74, 6) is -0.824. The molecule has 0 aliphatic heterocycles. The first-order valence-electron chi connectivity index (χ1n) is 10.2. The molecule has 0 aliphatic rings. The highest BCUT2D eigenvalue weighted by Crippen LogP contribution is 2.33. The Balaban J connectivity index is 1.57. The molecule has 7 nitrogen and oxygen atoms in total. The summed E-state index contributed by atoms with van der Waals surface area (Å²) in [5, 5.41) is 8.02. The second kappa shape index (κ2) is 8.11. The SMILES string of the molecule is Cc1ccccc1-c1cccc2cc(C(=O)Nc3ccc(Cl)cc3-c3noc(=O)[nH]3)n(C)c12. The lowest BCUT2D eigenvalue weighted by Gasteiger charge is -2.12. The minimum Gasteiger partial charge on any atom is -0.339 e. The van der Waals surface area contributed by atoms with Crippen LogP contribution in [-0.2, 0) is 7.05 Å². The Morgan fingerprint density at radius 2 is 1.82 bits per heavy atom. The predicted octanol–water partition coefficient (Wildman–Crippen LogP) is 5.40. The number of benzene rings is 3. The number of carbonyl (C=O) groups excluding carboxylic acids is 1. The van der Waals surface area contributed by atoms with E-state index in [9.17, 15) is 9.59 Å². The minimum atomic E-state index is -0.695. The molecule has 0 radical (unpaired) electrons. The van der Waals surface area contributed by atoms with Crippen LogP contribution in [0.1, 0.15) is 16.1 Å². The minimum absolute atomic E-state index is 0.177. The number of aromatic amines is 1. The molecule has 8 heteroatoms. The van der Waals surface area contributed by atoms with Crippen LogP contribution in [0.3, 0.4) is 0 Å². The molecule has 5 aromatic rings. The molecule has 0 atom stereocenters. The maximum atomic E-state index is 13.3. The summed E-state index contributed by atoms with van der Waals surface area (Å²) in [7, 11) is 1.87. The van der Waals surface area contributed by atoms with E-state index in [0.29, 0.717) is 22.0 Å². The number of halogens is 1. The topological polar surface area (TPSA) is 92.9 Å². The van der Waals surface area contributed by atoms with Crippen molar-refractivity contribution in [1.29, 1.82) is 0 Å². The number of fused-ring (bicyclic) bond motifs is 1. The molecular formula is C25H19ClN4O3. The highest BCUT2D eigenvalue weighted by Gasteiger charge is 2.19. The second-order valence-electron chi connectivity index (χ2n) is 7.73. The molecule has 0 unspecified atom stereocenters. The van der Waals surface area contributed by atoms with Crippen molar-refractivity contribution in [3.8, 4) is 22.5 Å². The van der Waals surface area contributed by atoms with Crippen LogP contribution in [0.5, 0.6) is 0 Å². The van der Waals surface area contributed by atoms with Gasteiger partial charge in [-0.05, 0) is 42.3 Å². The molecule has 2 N–H and O–H groups in total. The van der Waals surface area contributed by atoms with Crippen molar-refractivity contribution in [3.63, 3.8) is 0 Å². The lowest BCUT2D eigenvalue weighted by molar-refractivity contribution is 0.102. The zero-order valence-corrected chi connectivity index (χ0v) is 18.6. The van der Waals surface area contributed by atoms with Crippen molar-refractivity contribution >= 4 is 34.1 Å². The third-order valence-electron chi connectivity index (χ3n) is 5.65. The smallest absolute Gasteiger partial charge is 0.339 e. The first-order valence-corrected chi connectivity index (χ1v) is 10.6. The van der Waals surface area contributed by atoms with E-state index >= 15 is 0 Å². The number of anilines is 1. The van der Waals surface area contributed by atoms with Crippen molar-refractivity contribution in [1.82, 2.24) is 14.7 Å². The summed E-state index contributed by atoms with van der Waals surface area (Å²) in [4.78, 5) is 27.2. The number of nitrogens with one attached hydrogen (secondary N) is 2. The molecule has 3 aromatic carbocycles. The van der Waals surface area contributed by atoms with E-state index in [1.165, 1.54) is 0 Å². The van der Waals surface area contributed by atoms with E-state index in [1.807, 2.05) is 41.9 Å². The van der Waals surface area contributed by atoms with Crippen LogP contribution in [0, 0.1) is 6.92 Å². The molecule has 33 heavy (non-hydrogen) atoms. The molecule has 0 saturated carbocycles. The fraction of sp³-hybridized carbons (Fsp3) is 0.0800. The Kier molecular flexibility index (Phi) is 5.11. The zero-order valence-electron chi connectivity index (χ0n) is 17.8. The van der Waals surface area contributed by atoms with E-state index in [4.69, 9.17) is 11.6 Å². The van der Waals surface area contributed by atoms with Gasteiger partial charge in [0.2, 0.25) is 0 Å². The molecule has 0 aliphatic carbocycles. The van der Waals surface area contributed by atoms with Gasteiger partial charge in [0.15, 0.2) is 5.82 Å². The van der Waals surface area contributed by atoms with Gasteiger partial charge in [0.25, 0.3) is 5.91 Å². The van der Waals surface area contributed by atoms with Crippen LogP contribution < -0.4 is 11.1 Å². The highest BCUT2D eigenvalue weighted by molar-refractivity contribution is 6.31. The highest BCUT2D eigenvalue weighted by atomic mass is 35.5. The lowest BCUT2D eigenvalue weighted by atomic mass is 9.99. The first-order chi connectivity index (χ1) is 15.9. The van der Waals surface area contributed by atoms with E-state index in [1.54, 1.807) is 18.2 Å². The summed E-state index contributed by atoms with van der Waals surface area (Å²) >= 11 is 6.13. The summed E-state index contributed by atoms with van der Waals surface area (Å²) in [6.45, 7) is 2.07. The Morgan fingerprint density at radius 3 is 2.58 bits per heavy atom. The molecular weight excluding hydrogens is 440 g/mol. The molecule has 0 bridgehead atoms. The van der Waals surface area contributed by atoms with Crippen LogP contribution in [0.25, 0.3) is 33.4 Å². The number of aryl methyl sites for hydroxylation is 2. The summed E-state index contributed by atoms with van der Waals surface area (Å²) in [6, 6.07) is 21.0. The number of hydrogen-bond acceptors (Lipinski definition) is 4. The number of rotatable bonds is 4. The first kappa shape index (κ1) is 20.8. The van der Waals surface area contributed by atoms with Gasteiger partial charge in [-0.3, -0.25) is 14.3 Å². The molecule has 0 saturated heterocycles. The fourth-order valence-electron chi connectivity index (χ4n) is 4.08. The lowest BCUT2D eigenvalue weighted by Crippen LogP contribution is -2.16. The van der Waals surface area contributed by atoms with Crippen LogP contribution in [0.4, 0.5) is 5.69 Å². The van der Waals surface area contributed by atoms with Gasteiger partial charge in [0, 0.05) is 28.6 Å². The number of nitrogens with zero attached hydrogens (tertiary/aromatic N) is 2. The molecule has 0 fully saturated rings. The second-order valence-corrected chi connectivity index (χ2v) is 8.17. The molecule has 1 amide bonds. The van der Waals surface area contributed by atoms with Gasteiger partial charge in [-0.2, -0.15) is 0 Å². The van der Waals surface area contributed by atoms with E-state index in [-0.39, 0.29) is 11.7 Å². The van der Waals surface area contributed by atoms with Crippen molar-refractivity contribution in [2.24, 2.45) is 7.05 Å². The molecule has 2 aromatic heterocycles. The third-order valence-corrected chi connectivity index (χ3v) is 5.88. The van der Waals surface area contributed by atoms with Gasteiger partial charge in [0.05, 0.1) is 11.2 Å². The normalized spacial score (nSPS) is 11.1. The number of para-hydroxylation sites is 1. The van der Waals surface area contributed by atoms with Gasteiger partial charge in [-0.25, -0.2) is 4.79 Å². The van der Waals surface area contributed by atoms with Crippen LogP contribution in [0.15, 0.2) is 76.0 Å². The van der Waals surface area contributed by atoms with Gasteiger partial charge in [0.1, 0.15) is 5.69 Å². The Bertz CT molecular complexity index is 1580. The van der Waals surface area contributed by atoms with E-state index in [0.717, 1.165) is 27.6 Å². The van der Waals surface area contributed by atoms with Crippen molar-refractivity contribution < 1.29 is 9.32 Å². The van der Waals surface area contributed by atoms with Crippen molar-refractivity contribution in [2.45, 2.75) is 6.92 Å². The molecule has 2 heterocycles. The van der Waals surface area contributed by atoms with Crippen LogP contribution in [0.2, 0.25) is 5.02 Å².